The van der Waals surface area contributed by atoms with Gasteiger partial charge in [-0.15, -0.1) is 0 Å². The van der Waals surface area contributed by atoms with E-state index < -0.39 is 5.51 Å². The molecule has 0 aliphatic heterocycles. The summed E-state index contributed by atoms with van der Waals surface area (Å²) in [5.74, 6) is -0.0361. The Hall–Kier alpha value is -0.970. The van der Waals surface area contributed by atoms with Crippen molar-refractivity contribution in [2.24, 2.45) is 0 Å². The van der Waals surface area contributed by atoms with Crippen LogP contribution in [0.3, 0.4) is 0 Å². The Bertz CT molecular complexity index is 356. The second-order valence-corrected chi connectivity index (χ2v) is 4.38. The van der Waals surface area contributed by atoms with Crippen LogP contribution >= 0.6 is 11.8 Å². The molecule has 5 heteroatoms. The molecule has 0 bridgehead atoms. The fourth-order valence-corrected chi connectivity index (χ4v) is 1.75. The summed E-state index contributed by atoms with van der Waals surface area (Å²) in [6, 6.07) is 5.51. The fraction of sp³-hybridized carbons (Fsp3) is 0.364. The van der Waals surface area contributed by atoms with Crippen molar-refractivity contribution in [3.63, 3.8) is 0 Å². The molecular weight excluding hydrogens is 237 g/mol. The molecule has 0 N–H and O–H groups in total. The lowest BCUT2D eigenvalue weighted by atomic mass is 10.1. The monoisotopic (exact) mass is 248 g/mol. The van der Waals surface area contributed by atoms with Gasteiger partial charge in [0.1, 0.15) is 0 Å². The van der Waals surface area contributed by atoms with Crippen molar-refractivity contribution in [1.29, 1.82) is 0 Å². The molecule has 1 aromatic carbocycles. The van der Waals surface area contributed by atoms with Crippen molar-refractivity contribution in [1.82, 2.24) is 0 Å². The van der Waals surface area contributed by atoms with Gasteiger partial charge in [0.2, 0.25) is 0 Å². The minimum absolute atomic E-state index is 0.0361. The number of hydrogen-bond donors (Lipinski definition) is 0. The van der Waals surface area contributed by atoms with Gasteiger partial charge >= 0.3 is 5.51 Å². The first-order chi connectivity index (χ1) is 7.42. The highest BCUT2D eigenvalue weighted by atomic mass is 32.2. The van der Waals surface area contributed by atoms with Gasteiger partial charge in [-0.25, -0.2) is 0 Å². The minimum atomic E-state index is -4.28. The Morgan fingerprint density at radius 2 is 1.81 bits per heavy atom. The molecule has 0 atom stereocenters. The number of Topliss-reactive ketones (excluding diaryl/α,β-unsaturated/α-hetero) is 1. The topological polar surface area (TPSA) is 17.1 Å². The number of carbonyl (C=O) groups is 1. The van der Waals surface area contributed by atoms with Gasteiger partial charge < -0.3 is 0 Å². The van der Waals surface area contributed by atoms with E-state index in [1.54, 1.807) is 0 Å². The van der Waals surface area contributed by atoms with Crippen LogP contribution in [0.5, 0.6) is 0 Å². The van der Waals surface area contributed by atoms with E-state index in [2.05, 4.69) is 0 Å². The Labute approximate surface area is 96.0 Å². The molecule has 0 amide bonds. The summed E-state index contributed by atoms with van der Waals surface area (Å²) >= 11 is -0.177. The maximum absolute atomic E-state index is 12.0. The van der Waals surface area contributed by atoms with Crippen LogP contribution in [-0.2, 0) is 0 Å². The van der Waals surface area contributed by atoms with E-state index >= 15 is 0 Å². The Balaban J connectivity index is 2.72. The first-order valence-electron chi connectivity index (χ1n) is 4.81. The molecule has 0 aromatic heterocycles. The zero-order valence-corrected chi connectivity index (χ0v) is 9.49. The van der Waals surface area contributed by atoms with Gasteiger partial charge in [-0.1, -0.05) is 19.1 Å². The number of rotatable bonds is 4. The van der Waals surface area contributed by atoms with Crippen molar-refractivity contribution in [3.8, 4) is 0 Å². The quantitative estimate of drug-likeness (QED) is 0.584. The van der Waals surface area contributed by atoms with Crippen LogP contribution in [0.1, 0.15) is 30.1 Å². The average Bonchev–Trinajstić information content (AvgIpc) is 2.16. The molecule has 0 saturated heterocycles. The highest BCUT2D eigenvalue weighted by molar-refractivity contribution is 8.00. The highest BCUT2D eigenvalue weighted by Crippen LogP contribution is 2.36. The third-order valence-corrected chi connectivity index (χ3v) is 2.63. The molecule has 0 aliphatic carbocycles. The second kappa shape index (κ2) is 5.39. The Kier molecular flexibility index (Phi) is 4.41. The number of halogens is 3. The summed E-state index contributed by atoms with van der Waals surface area (Å²) < 4.78 is 36.1. The zero-order valence-electron chi connectivity index (χ0n) is 8.67. The molecule has 0 radical (unpaired) electrons. The van der Waals surface area contributed by atoms with E-state index in [4.69, 9.17) is 0 Å². The Morgan fingerprint density at radius 3 is 2.25 bits per heavy atom. The van der Waals surface area contributed by atoms with Gasteiger partial charge in [-0.2, -0.15) is 13.2 Å². The first-order valence-corrected chi connectivity index (χ1v) is 5.63. The van der Waals surface area contributed by atoms with Crippen LogP contribution < -0.4 is 0 Å². The second-order valence-electron chi connectivity index (χ2n) is 3.25. The Morgan fingerprint density at radius 1 is 1.25 bits per heavy atom. The van der Waals surface area contributed by atoms with Crippen LogP contribution in [0.15, 0.2) is 29.2 Å². The van der Waals surface area contributed by atoms with Gasteiger partial charge in [0.15, 0.2) is 5.78 Å². The number of alkyl halides is 3. The lowest BCUT2D eigenvalue weighted by Gasteiger charge is -2.05. The zero-order chi connectivity index (χ0) is 12.2. The largest absolute Gasteiger partial charge is 0.446 e. The summed E-state index contributed by atoms with van der Waals surface area (Å²) in [6.45, 7) is 1.88. The van der Waals surface area contributed by atoms with Crippen LogP contribution in [0, 0.1) is 0 Å². The van der Waals surface area contributed by atoms with E-state index in [0.29, 0.717) is 12.0 Å². The van der Waals surface area contributed by atoms with E-state index in [0.717, 1.165) is 6.42 Å². The third kappa shape index (κ3) is 4.26. The molecule has 88 valence electrons. The van der Waals surface area contributed by atoms with E-state index in [1.165, 1.54) is 24.3 Å². The predicted octanol–water partition coefficient (Wildman–Crippen LogP) is 4.28. The van der Waals surface area contributed by atoms with Crippen LogP contribution in [0.4, 0.5) is 13.2 Å². The minimum Gasteiger partial charge on any atom is -0.294 e. The predicted molar refractivity (Wildman–Crippen MR) is 57.6 cm³/mol. The molecule has 1 rings (SSSR count). The lowest BCUT2D eigenvalue weighted by Crippen LogP contribution is -2.00. The molecule has 1 aromatic rings. The van der Waals surface area contributed by atoms with Crippen LogP contribution in [-0.4, -0.2) is 11.3 Å². The maximum atomic E-state index is 12.0. The number of ketones is 1. The maximum Gasteiger partial charge on any atom is 0.446 e. The van der Waals surface area contributed by atoms with Gasteiger partial charge in [-0.05, 0) is 30.3 Å². The van der Waals surface area contributed by atoms with Crippen molar-refractivity contribution in [2.75, 3.05) is 0 Å². The van der Waals surface area contributed by atoms with Crippen molar-refractivity contribution >= 4 is 17.5 Å². The average molecular weight is 248 g/mol. The molecule has 0 spiro atoms. The fourth-order valence-electron chi connectivity index (χ4n) is 1.21. The molecule has 0 aliphatic rings. The number of thioether (sulfide) groups is 1. The molecular formula is C11H11F3OS. The van der Waals surface area contributed by atoms with E-state index in [1.807, 2.05) is 6.92 Å². The van der Waals surface area contributed by atoms with Crippen LogP contribution in [0.2, 0.25) is 0 Å². The standard InChI is InChI=1S/C11H11F3OS/c1-2-3-10(15)8-4-6-9(7-5-8)16-11(12,13)14/h4-7H,2-3H2,1H3. The van der Waals surface area contributed by atoms with Gasteiger partial charge in [0, 0.05) is 16.9 Å². The molecule has 1 nitrogen and oxygen atoms in total. The summed E-state index contributed by atoms with van der Waals surface area (Å²) in [5, 5.41) is 0. The van der Waals surface area contributed by atoms with Crippen molar-refractivity contribution < 1.29 is 18.0 Å². The van der Waals surface area contributed by atoms with Crippen LogP contribution in [0.25, 0.3) is 0 Å². The number of carbonyl (C=O) groups excluding carboxylic acids is 1. The third-order valence-electron chi connectivity index (χ3n) is 1.89. The summed E-state index contributed by atoms with van der Waals surface area (Å²) in [7, 11) is 0. The normalized spacial score (nSPS) is 11.5. The smallest absolute Gasteiger partial charge is 0.294 e. The molecule has 0 heterocycles. The van der Waals surface area contributed by atoms with E-state index in [9.17, 15) is 18.0 Å². The summed E-state index contributed by atoms with van der Waals surface area (Å²) in [5.41, 5.74) is -3.82. The molecule has 0 fully saturated rings. The highest BCUT2D eigenvalue weighted by Gasteiger charge is 2.29. The first kappa shape index (κ1) is 13.1. The SMILES string of the molecule is CCCC(=O)c1ccc(SC(F)(F)F)cc1. The van der Waals surface area contributed by atoms with E-state index in [-0.39, 0.29) is 22.4 Å². The van der Waals surface area contributed by atoms with Crippen molar-refractivity contribution in [3.05, 3.63) is 29.8 Å². The lowest BCUT2D eigenvalue weighted by molar-refractivity contribution is -0.0328. The molecule has 16 heavy (non-hydrogen) atoms. The van der Waals surface area contributed by atoms with Crippen molar-refractivity contribution in [2.45, 2.75) is 30.2 Å². The molecule has 0 unspecified atom stereocenters. The summed E-state index contributed by atoms with van der Waals surface area (Å²) in [6.07, 6.45) is 1.16. The number of hydrogen-bond acceptors (Lipinski definition) is 2. The number of benzene rings is 1. The molecule has 0 saturated carbocycles. The summed E-state index contributed by atoms with van der Waals surface area (Å²) in [4.78, 5) is 11.5. The van der Waals surface area contributed by atoms with Gasteiger partial charge in [0.05, 0.1) is 0 Å². The van der Waals surface area contributed by atoms with Gasteiger partial charge in [0.25, 0.3) is 0 Å². The van der Waals surface area contributed by atoms with Gasteiger partial charge in [-0.3, -0.25) is 4.79 Å².